The summed E-state index contributed by atoms with van der Waals surface area (Å²) in [6.07, 6.45) is 3.60. The molecule has 2 heterocycles. The molecular weight excluding hydrogens is 230 g/mol. The summed E-state index contributed by atoms with van der Waals surface area (Å²) in [5.41, 5.74) is 6.30. The van der Waals surface area contributed by atoms with Crippen molar-refractivity contribution in [2.45, 2.75) is 26.7 Å². The van der Waals surface area contributed by atoms with Gasteiger partial charge in [0.25, 0.3) is 0 Å². The van der Waals surface area contributed by atoms with Crippen LogP contribution in [-0.2, 0) is 0 Å². The van der Waals surface area contributed by atoms with E-state index in [1.807, 2.05) is 0 Å². The molecule has 0 spiro atoms. The first kappa shape index (κ1) is 12.7. The van der Waals surface area contributed by atoms with E-state index in [-0.39, 0.29) is 11.3 Å². The minimum Gasteiger partial charge on any atom is -0.478 e. The lowest BCUT2D eigenvalue weighted by Crippen LogP contribution is -2.37. The summed E-state index contributed by atoms with van der Waals surface area (Å²) >= 11 is 0. The van der Waals surface area contributed by atoms with Crippen LogP contribution in [0.3, 0.4) is 0 Å². The van der Waals surface area contributed by atoms with Gasteiger partial charge >= 0.3 is 5.97 Å². The number of nitrogen functional groups attached to an aromatic ring is 1. The van der Waals surface area contributed by atoms with E-state index >= 15 is 0 Å². The maximum absolute atomic E-state index is 11.0. The molecule has 0 aromatic carbocycles. The van der Waals surface area contributed by atoms with Crippen molar-refractivity contribution in [1.29, 1.82) is 0 Å². The second-order valence-corrected chi connectivity index (χ2v) is 5.59. The molecular formula is C13H19N3O2. The molecule has 0 aliphatic carbocycles. The van der Waals surface area contributed by atoms with Crippen molar-refractivity contribution in [3.63, 3.8) is 0 Å². The average molecular weight is 249 g/mol. The molecule has 2 rings (SSSR count). The Labute approximate surface area is 107 Å². The summed E-state index contributed by atoms with van der Waals surface area (Å²) in [7, 11) is 0. The zero-order chi connectivity index (χ0) is 13.3. The van der Waals surface area contributed by atoms with E-state index in [4.69, 9.17) is 10.8 Å². The molecule has 1 fully saturated rings. The molecule has 0 bridgehead atoms. The monoisotopic (exact) mass is 249 g/mol. The Bertz CT molecular complexity index is 461. The molecule has 0 unspecified atom stereocenters. The van der Waals surface area contributed by atoms with Crippen LogP contribution in [0, 0.1) is 5.41 Å². The van der Waals surface area contributed by atoms with Crippen LogP contribution in [0.2, 0.25) is 0 Å². The summed E-state index contributed by atoms with van der Waals surface area (Å²) in [5, 5.41) is 9.05. The molecule has 3 N–H and O–H groups in total. The number of carboxylic acid groups (broad SMARTS) is 1. The van der Waals surface area contributed by atoms with E-state index in [0.29, 0.717) is 11.2 Å². The van der Waals surface area contributed by atoms with Crippen molar-refractivity contribution < 1.29 is 9.90 Å². The molecule has 1 aromatic rings. The number of aromatic carboxylic acids is 1. The second-order valence-electron chi connectivity index (χ2n) is 5.59. The predicted octanol–water partition coefficient (Wildman–Crippen LogP) is 1.99. The number of hydrogen-bond acceptors (Lipinski definition) is 4. The van der Waals surface area contributed by atoms with Crippen LogP contribution in [0.25, 0.3) is 0 Å². The largest absolute Gasteiger partial charge is 0.478 e. The van der Waals surface area contributed by atoms with Gasteiger partial charge in [-0.15, -0.1) is 0 Å². The Morgan fingerprint density at radius 2 is 2.06 bits per heavy atom. The summed E-state index contributed by atoms with van der Waals surface area (Å²) in [6.45, 7) is 6.32. The molecule has 5 heteroatoms. The highest BCUT2D eigenvalue weighted by Gasteiger charge is 2.26. The molecule has 0 atom stereocenters. The van der Waals surface area contributed by atoms with Crippen LogP contribution >= 0.6 is 0 Å². The van der Waals surface area contributed by atoms with Gasteiger partial charge < -0.3 is 15.7 Å². The Kier molecular flexibility index (Phi) is 3.15. The van der Waals surface area contributed by atoms with Gasteiger partial charge in [0.15, 0.2) is 0 Å². The Morgan fingerprint density at radius 1 is 1.44 bits per heavy atom. The van der Waals surface area contributed by atoms with Gasteiger partial charge in [0.05, 0.1) is 17.4 Å². The van der Waals surface area contributed by atoms with Gasteiger partial charge in [0, 0.05) is 13.1 Å². The van der Waals surface area contributed by atoms with E-state index in [0.717, 1.165) is 25.9 Å². The molecule has 1 aromatic heterocycles. The zero-order valence-corrected chi connectivity index (χ0v) is 10.8. The number of piperidine rings is 1. The van der Waals surface area contributed by atoms with E-state index < -0.39 is 5.97 Å². The molecule has 5 nitrogen and oxygen atoms in total. The summed E-state index contributed by atoms with van der Waals surface area (Å²) < 4.78 is 0. The van der Waals surface area contributed by atoms with E-state index in [9.17, 15) is 4.79 Å². The zero-order valence-electron chi connectivity index (χ0n) is 10.8. The van der Waals surface area contributed by atoms with Crippen molar-refractivity contribution in [2.24, 2.45) is 5.41 Å². The van der Waals surface area contributed by atoms with Crippen LogP contribution in [0.15, 0.2) is 12.3 Å². The van der Waals surface area contributed by atoms with Gasteiger partial charge in [-0.05, 0) is 24.3 Å². The van der Waals surface area contributed by atoms with E-state index in [2.05, 4.69) is 23.7 Å². The first-order chi connectivity index (χ1) is 8.39. The molecule has 0 amide bonds. The Hall–Kier alpha value is -1.78. The van der Waals surface area contributed by atoms with Crippen molar-refractivity contribution in [2.75, 3.05) is 23.7 Å². The maximum atomic E-state index is 11.0. The Balaban J connectivity index is 2.20. The van der Waals surface area contributed by atoms with Crippen LogP contribution in [0.1, 0.15) is 37.0 Å². The SMILES string of the molecule is CC1(C)CCN(c2cc(C(=O)O)c(N)cn2)CC1. The van der Waals surface area contributed by atoms with Crippen molar-refractivity contribution >= 4 is 17.5 Å². The Morgan fingerprint density at radius 3 is 2.61 bits per heavy atom. The van der Waals surface area contributed by atoms with E-state index in [1.54, 1.807) is 6.07 Å². The number of hydrogen-bond donors (Lipinski definition) is 2. The number of nitrogens with zero attached hydrogens (tertiary/aromatic N) is 2. The first-order valence-corrected chi connectivity index (χ1v) is 6.13. The van der Waals surface area contributed by atoms with Gasteiger partial charge in [-0.1, -0.05) is 13.8 Å². The average Bonchev–Trinajstić information content (AvgIpc) is 2.30. The number of nitrogens with two attached hydrogens (primary N) is 1. The van der Waals surface area contributed by atoms with Crippen LogP contribution in [0.4, 0.5) is 11.5 Å². The molecule has 0 radical (unpaired) electrons. The number of rotatable bonds is 2. The topological polar surface area (TPSA) is 79.5 Å². The summed E-state index contributed by atoms with van der Waals surface area (Å²) in [4.78, 5) is 17.4. The second kappa shape index (κ2) is 4.48. The van der Waals surface area contributed by atoms with Gasteiger partial charge in [0.2, 0.25) is 0 Å². The van der Waals surface area contributed by atoms with Gasteiger partial charge in [-0.2, -0.15) is 0 Å². The lowest BCUT2D eigenvalue weighted by Gasteiger charge is -2.37. The quantitative estimate of drug-likeness (QED) is 0.838. The fourth-order valence-electron chi connectivity index (χ4n) is 2.15. The fourth-order valence-corrected chi connectivity index (χ4v) is 2.15. The third-order valence-corrected chi connectivity index (χ3v) is 3.59. The molecule has 0 saturated carbocycles. The van der Waals surface area contributed by atoms with Gasteiger partial charge in [0.1, 0.15) is 5.82 Å². The smallest absolute Gasteiger partial charge is 0.337 e. The molecule has 1 aliphatic rings. The third-order valence-electron chi connectivity index (χ3n) is 3.59. The summed E-state index contributed by atoms with van der Waals surface area (Å²) in [6, 6.07) is 1.57. The van der Waals surface area contributed by atoms with Crippen LogP contribution < -0.4 is 10.6 Å². The number of carboxylic acids is 1. The summed E-state index contributed by atoms with van der Waals surface area (Å²) in [5.74, 6) is -0.300. The third kappa shape index (κ3) is 2.55. The molecule has 18 heavy (non-hydrogen) atoms. The lowest BCUT2D eigenvalue weighted by molar-refractivity contribution is 0.0698. The standard InChI is InChI=1S/C13H19N3O2/c1-13(2)3-5-16(6-4-13)11-7-9(12(17)18)10(14)8-15-11/h7-8H,3-6,14H2,1-2H3,(H,17,18). The van der Waals surface area contributed by atoms with Crippen molar-refractivity contribution in [1.82, 2.24) is 4.98 Å². The highest BCUT2D eigenvalue weighted by molar-refractivity contribution is 5.94. The minimum absolute atomic E-state index is 0.129. The van der Waals surface area contributed by atoms with Crippen molar-refractivity contribution in [3.8, 4) is 0 Å². The van der Waals surface area contributed by atoms with Crippen molar-refractivity contribution in [3.05, 3.63) is 17.8 Å². The first-order valence-electron chi connectivity index (χ1n) is 6.13. The maximum Gasteiger partial charge on any atom is 0.337 e. The number of anilines is 2. The van der Waals surface area contributed by atoms with Crippen LogP contribution in [-0.4, -0.2) is 29.1 Å². The molecule has 1 aliphatic heterocycles. The minimum atomic E-state index is -1.01. The highest BCUT2D eigenvalue weighted by Crippen LogP contribution is 2.32. The number of pyridine rings is 1. The van der Waals surface area contributed by atoms with Gasteiger partial charge in [-0.25, -0.2) is 9.78 Å². The highest BCUT2D eigenvalue weighted by atomic mass is 16.4. The normalized spacial score (nSPS) is 18.7. The predicted molar refractivity (Wildman–Crippen MR) is 70.8 cm³/mol. The number of carbonyl (C=O) groups is 1. The van der Waals surface area contributed by atoms with Gasteiger partial charge in [-0.3, -0.25) is 0 Å². The molecule has 1 saturated heterocycles. The lowest BCUT2D eigenvalue weighted by atomic mass is 9.83. The van der Waals surface area contributed by atoms with E-state index in [1.165, 1.54) is 6.20 Å². The number of aromatic nitrogens is 1. The fraction of sp³-hybridized carbons (Fsp3) is 0.538. The molecule has 98 valence electrons. The van der Waals surface area contributed by atoms with Crippen LogP contribution in [0.5, 0.6) is 0 Å².